The van der Waals surface area contributed by atoms with E-state index < -0.39 is 0 Å². The minimum Gasteiger partial charge on any atom is -0.330 e. The average molecular weight is 283 g/mol. The number of hydrogen-bond donors (Lipinski definition) is 1. The van der Waals surface area contributed by atoms with Crippen molar-refractivity contribution in [2.45, 2.75) is 45.1 Å². The molecule has 1 aromatic carbocycles. The van der Waals surface area contributed by atoms with Gasteiger partial charge in [0.05, 0.1) is 6.33 Å². The van der Waals surface area contributed by atoms with Gasteiger partial charge < -0.3 is 9.88 Å². The maximum absolute atomic E-state index is 4.39. The molecule has 1 fully saturated rings. The van der Waals surface area contributed by atoms with Gasteiger partial charge in [0, 0.05) is 30.4 Å². The van der Waals surface area contributed by atoms with E-state index in [9.17, 15) is 0 Å². The Labute approximate surface area is 127 Å². The van der Waals surface area contributed by atoms with Crippen LogP contribution in [0.2, 0.25) is 0 Å². The SMILES string of the molecule is CC(C)c1ccc(Cn2cncc2C2(C)CCNC2)cc1. The predicted molar refractivity (Wildman–Crippen MR) is 86.7 cm³/mol. The molecule has 1 aliphatic rings. The molecule has 1 unspecified atom stereocenters. The van der Waals surface area contributed by atoms with Crippen molar-refractivity contribution in [2.75, 3.05) is 13.1 Å². The van der Waals surface area contributed by atoms with Crippen LogP contribution in [0, 0.1) is 0 Å². The second kappa shape index (κ2) is 5.64. The molecule has 0 spiro atoms. The van der Waals surface area contributed by atoms with Crippen molar-refractivity contribution in [1.29, 1.82) is 0 Å². The fourth-order valence-corrected chi connectivity index (χ4v) is 3.19. The molecule has 112 valence electrons. The molecule has 2 heterocycles. The smallest absolute Gasteiger partial charge is 0.0951 e. The minimum atomic E-state index is 0.217. The van der Waals surface area contributed by atoms with Crippen LogP contribution in [0.1, 0.15) is 49.9 Å². The molecule has 1 aliphatic heterocycles. The van der Waals surface area contributed by atoms with Crippen molar-refractivity contribution in [2.24, 2.45) is 0 Å². The van der Waals surface area contributed by atoms with Gasteiger partial charge in [0.2, 0.25) is 0 Å². The van der Waals surface area contributed by atoms with Gasteiger partial charge in [-0.1, -0.05) is 45.0 Å². The summed E-state index contributed by atoms with van der Waals surface area (Å²) in [6.07, 6.45) is 5.19. The summed E-state index contributed by atoms with van der Waals surface area (Å²) in [7, 11) is 0. The summed E-state index contributed by atoms with van der Waals surface area (Å²) < 4.78 is 2.30. The van der Waals surface area contributed by atoms with E-state index in [1.165, 1.54) is 23.2 Å². The van der Waals surface area contributed by atoms with E-state index in [4.69, 9.17) is 0 Å². The van der Waals surface area contributed by atoms with Crippen LogP contribution in [0.25, 0.3) is 0 Å². The van der Waals surface area contributed by atoms with Crippen LogP contribution in [0.4, 0.5) is 0 Å². The third-order valence-corrected chi connectivity index (χ3v) is 4.70. The minimum absolute atomic E-state index is 0.217. The van der Waals surface area contributed by atoms with Gasteiger partial charge in [-0.2, -0.15) is 0 Å². The number of benzene rings is 1. The number of imidazole rings is 1. The fourth-order valence-electron chi connectivity index (χ4n) is 3.19. The van der Waals surface area contributed by atoms with Gasteiger partial charge in [0.1, 0.15) is 0 Å². The van der Waals surface area contributed by atoms with E-state index in [0.29, 0.717) is 5.92 Å². The molecule has 0 radical (unpaired) electrons. The molecule has 0 amide bonds. The highest BCUT2D eigenvalue weighted by Gasteiger charge is 2.33. The quantitative estimate of drug-likeness (QED) is 0.933. The van der Waals surface area contributed by atoms with E-state index in [2.05, 4.69) is 59.9 Å². The largest absolute Gasteiger partial charge is 0.330 e. The second-order valence-electron chi connectivity index (χ2n) is 6.79. The lowest BCUT2D eigenvalue weighted by Gasteiger charge is -2.24. The zero-order valence-electron chi connectivity index (χ0n) is 13.3. The standard InChI is InChI=1S/C18H25N3/c1-14(2)16-6-4-15(5-7-16)11-21-13-20-10-17(21)18(3)8-9-19-12-18/h4-7,10,13-14,19H,8-9,11-12H2,1-3H3. The highest BCUT2D eigenvalue weighted by molar-refractivity contribution is 5.26. The van der Waals surface area contributed by atoms with Crippen LogP contribution in [0.3, 0.4) is 0 Å². The Bertz CT molecular complexity index is 589. The topological polar surface area (TPSA) is 29.9 Å². The number of nitrogens with zero attached hydrogens (tertiary/aromatic N) is 2. The summed E-state index contributed by atoms with van der Waals surface area (Å²) in [6.45, 7) is 9.86. The molecular weight excluding hydrogens is 258 g/mol. The number of aromatic nitrogens is 2. The Morgan fingerprint density at radius 1 is 1.29 bits per heavy atom. The molecule has 1 aromatic heterocycles. The first-order valence-corrected chi connectivity index (χ1v) is 7.89. The maximum Gasteiger partial charge on any atom is 0.0951 e. The van der Waals surface area contributed by atoms with Crippen LogP contribution in [-0.2, 0) is 12.0 Å². The number of nitrogens with one attached hydrogen (secondary N) is 1. The normalized spacial score (nSPS) is 22.1. The van der Waals surface area contributed by atoms with Crippen LogP contribution >= 0.6 is 0 Å². The zero-order valence-corrected chi connectivity index (χ0v) is 13.3. The van der Waals surface area contributed by atoms with Gasteiger partial charge >= 0.3 is 0 Å². The van der Waals surface area contributed by atoms with Crippen LogP contribution in [0.15, 0.2) is 36.8 Å². The fraction of sp³-hybridized carbons (Fsp3) is 0.500. The molecule has 1 N–H and O–H groups in total. The third kappa shape index (κ3) is 2.88. The number of hydrogen-bond acceptors (Lipinski definition) is 2. The molecule has 3 heteroatoms. The van der Waals surface area contributed by atoms with Crippen molar-refractivity contribution in [3.8, 4) is 0 Å². The molecule has 3 nitrogen and oxygen atoms in total. The Balaban J connectivity index is 1.81. The van der Waals surface area contributed by atoms with Gasteiger partial charge in [-0.05, 0) is 30.0 Å². The molecule has 0 saturated carbocycles. The van der Waals surface area contributed by atoms with Crippen LogP contribution in [0.5, 0.6) is 0 Å². The summed E-state index contributed by atoms with van der Waals surface area (Å²) in [5, 5.41) is 3.47. The van der Waals surface area contributed by atoms with E-state index >= 15 is 0 Å². The molecule has 21 heavy (non-hydrogen) atoms. The zero-order chi connectivity index (χ0) is 14.9. The lowest BCUT2D eigenvalue weighted by Crippen LogP contribution is -2.28. The van der Waals surface area contributed by atoms with Gasteiger partial charge in [0.25, 0.3) is 0 Å². The predicted octanol–water partition coefficient (Wildman–Crippen LogP) is 3.31. The summed E-state index contributed by atoms with van der Waals surface area (Å²) in [6, 6.07) is 8.98. The van der Waals surface area contributed by atoms with Crippen LogP contribution < -0.4 is 5.32 Å². The first kappa shape index (κ1) is 14.3. The van der Waals surface area contributed by atoms with E-state index in [1.54, 1.807) is 0 Å². The van der Waals surface area contributed by atoms with Crippen molar-refractivity contribution in [3.63, 3.8) is 0 Å². The Morgan fingerprint density at radius 2 is 2.05 bits per heavy atom. The summed E-state index contributed by atoms with van der Waals surface area (Å²) >= 11 is 0. The molecule has 1 saturated heterocycles. The van der Waals surface area contributed by atoms with Crippen molar-refractivity contribution >= 4 is 0 Å². The molecule has 0 bridgehead atoms. The lowest BCUT2D eigenvalue weighted by molar-refractivity contribution is 0.481. The Morgan fingerprint density at radius 3 is 2.67 bits per heavy atom. The van der Waals surface area contributed by atoms with Crippen molar-refractivity contribution in [1.82, 2.24) is 14.9 Å². The average Bonchev–Trinajstić information content (AvgIpc) is 3.09. The third-order valence-electron chi connectivity index (χ3n) is 4.70. The molecule has 2 aromatic rings. The lowest BCUT2D eigenvalue weighted by atomic mass is 9.86. The maximum atomic E-state index is 4.39. The van der Waals surface area contributed by atoms with E-state index in [1.807, 2.05) is 12.5 Å². The first-order chi connectivity index (χ1) is 10.1. The molecule has 3 rings (SSSR count). The Kier molecular flexibility index (Phi) is 3.85. The van der Waals surface area contributed by atoms with E-state index in [0.717, 1.165) is 19.6 Å². The molecule has 1 atom stereocenters. The molecular formula is C18H25N3. The molecule has 0 aliphatic carbocycles. The summed E-state index contributed by atoms with van der Waals surface area (Å²) in [5.41, 5.74) is 4.30. The van der Waals surface area contributed by atoms with Crippen LogP contribution in [-0.4, -0.2) is 22.6 Å². The number of rotatable bonds is 4. The summed E-state index contributed by atoms with van der Waals surface area (Å²) in [5.74, 6) is 0.589. The van der Waals surface area contributed by atoms with Gasteiger partial charge in [0.15, 0.2) is 0 Å². The Hall–Kier alpha value is -1.61. The first-order valence-electron chi connectivity index (χ1n) is 7.89. The van der Waals surface area contributed by atoms with Gasteiger partial charge in [-0.15, -0.1) is 0 Å². The highest BCUT2D eigenvalue weighted by Crippen LogP contribution is 2.30. The van der Waals surface area contributed by atoms with E-state index in [-0.39, 0.29) is 5.41 Å². The highest BCUT2D eigenvalue weighted by atomic mass is 15.1. The van der Waals surface area contributed by atoms with Gasteiger partial charge in [-0.25, -0.2) is 4.98 Å². The summed E-state index contributed by atoms with van der Waals surface area (Å²) in [4.78, 5) is 4.39. The van der Waals surface area contributed by atoms with Crippen molar-refractivity contribution in [3.05, 3.63) is 53.6 Å². The second-order valence-corrected chi connectivity index (χ2v) is 6.79. The van der Waals surface area contributed by atoms with Crippen molar-refractivity contribution < 1.29 is 0 Å². The monoisotopic (exact) mass is 283 g/mol. The van der Waals surface area contributed by atoms with Gasteiger partial charge in [-0.3, -0.25) is 0 Å².